The number of carbonyl (C=O) groups is 2. The molecule has 1 aliphatic heterocycles. The lowest BCUT2D eigenvalue weighted by Gasteiger charge is -2.26. The van der Waals surface area contributed by atoms with Crippen LogP contribution < -0.4 is 4.90 Å². The first-order valence-electron chi connectivity index (χ1n) is 12.1. The lowest BCUT2D eigenvalue weighted by molar-refractivity contribution is -0.132. The van der Waals surface area contributed by atoms with Gasteiger partial charge >= 0.3 is 0 Å². The Hall–Kier alpha value is -4.69. The molecule has 1 saturated heterocycles. The molecule has 1 aliphatic rings. The standard InChI is InChI=1S/C32H26N2O3/c1-32(2,3)23-15-13-22(14-16-23)28-27(29(35)26-10-6-8-21-7-4-5-9-25(21)26)30(36)31(37)34(28)24-17-11-20(19-33)12-18-24/h4-18,28,35H,1-3H3/b29-27-. The van der Waals surface area contributed by atoms with Crippen LogP contribution in [0.5, 0.6) is 0 Å². The van der Waals surface area contributed by atoms with Crippen molar-refractivity contribution in [3.05, 3.63) is 119 Å². The Morgan fingerprint density at radius 3 is 2.16 bits per heavy atom. The van der Waals surface area contributed by atoms with Gasteiger partial charge in [0.1, 0.15) is 5.76 Å². The molecule has 0 aliphatic carbocycles. The predicted octanol–water partition coefficient (Wildman–Crippen LogP) is 6.64. The highest BCUT2D eigenvalue weighted by Crippen LogP contribution is 2.43. The molecule has 182 valence electrons. The number of Topliss-reactive ketones (excluding diaryl/α,β-unsaturated/α-hetero) is 1. The van der Waals surface area contributed by atoms with Crippen molar-refractivity contribution in [3.8, 4) is 6.07 Å². The number of ketones is 1. The maximum Gasteiger partial charge on any atom is 0.300 e. The van der Waals surface area contributed by atoms with Crippen molar-refractivity contribution in [2.24, 2.45) is 0 Å². The molecule has 5 heteroatoms. The zero-order valence-corrected chi connectivity index (χ0v) is 20.9. The molecule has 0 radical (unpaired) electrons. The zero-order chi connectivity index (χ0) is 26.3. The summed E-state index contributed by atoms with van der Waals surface area (Å²) in [4.78, 5) is 28.4. The summed E-state index contributed by atoms with van der Waals surface area (Å²) in [5.74, 6) is -1.69. The summed E-state index contributed by atoms with van der Waals surface area (Å²) < 4.78 is 0. The minimum absolute atomic E-state index is 0.0363. The van der Waals surface area contributed by atoms with Crippen LogP contribution in [0.2, 0.25) is 0 Å². The average molecular weight is 487 g/mol. The number of aliphatic hydroxyl groups is 1. The number of rotatable bonds is 3. The number of nitrogens with zero attached hydrogens (tertiary/aromatic N) is 2. The van der Waals surface area contributed by atoms with Gasteiger partial charge in [-0.05, 0) is 51.6 Å². The highest BCUT2D eigenvalue weighted by atomic mass is 16.3. The van der Waals surface area contributed by atoms with Crippen LogP contribution in [0, 0.1) is 11.3 Å². The Morgan fingerprint density at radius 1 is 0.865 bits per heavy atom. The van der Waals surface area contributed by atoms with Crippen LogP contribution in [0.3, 0.4) is 0 Å². The number of carbonyl (C=O) groups excluding carboxylic acids is 2. The van der Waals surface area contributed by atoms with Crippen LogP contribution in [-0.4, -0.2) is 16.8 Å². The van der Waals surface area contributed by atoms with Gasteiger partial charge in [-0.15, -0.1) is 0 Å². The molecule has 1 atom stereocenters. The predicted molar refractivity (Wildman–Crippen MR) is 145 cm³/mol. The highest BCUT2D eigenvalue weighted by molar-refractivity contribution is 6.51. The quantitative estimate of drug-likeness (QED) is 0.200. The van der Waals surface area contributed by atoms with E-state index in [4.69, 9.17) is 0 Å². The van der Waals surface area contributed by atoms with E-state index in [2.05, 4.69) is 26.8 Å². The number of anilines is 1. The second-order valence-corrected chi connectivity index (χ2v) is 10.2. The molecule has 0 saturated carbocycles. The van der Waals surface area contributed by atoms with Gasteiger partial charge in [-0.3, -0.25) is 14.5 Å². The summed E-state index contributed by atoms with van der Waals surface area (Å²) in [5.41, 5.74) is 3.20. The summed E-state index contributed by atoms with van der Waals surface area (Å²) >= 11 is 0. The Balaban J connectivity index is 1.74. The highest BCUT2D eigenvalue weighted by Gasteiger charge is 2.47. The van der Waals surface area contributed by atoms with E-state index in [1.165, 1.54) is 4.90 Å². The topological polar surface area (TPSA) is 81.4 Å². The fourth-order valence-electron chi connectivity index (χ4n) is 4.85. The van der Waals surface area contributed by atoms with Crippen molar-refractivity contribution in [2.45, 2.75) is 32.2 Å². The second-order valence-electron chi connectivity index (χ2n) is 10.2. The van der Waals surface area contributed by atoms with Gasteiger partial charge in [-0.25, -0.2) is 0 Å². The monoisotopic (exact) mass is 486 g/mol. The Morgan fingerprint density at radius 2 is 1.51 bits per heavy atom. The van der Waals surface area contributed by atoms with Gasteiger partial charge in [0.25, 0.3) is 11.7 Å². The minimum atomic E-state index is -0.832. The van der Waals surface area contributed by atoms with Crippen LogP contribution in [0.25, 0.3) is 16.5 Å². The van der Waals surface area contributed by atoms with E-state index in [0.717, 1.165) is 16.3 Å². The minimum Gasteiger partial charge on any atom is -0.507 e. The number of hydrogen-bond donors (Lipinski definition) is 1. The SMILES string of the molecule is CC(C)(C)c1ccc(C2/C(=C(/O)c3cccc4ccccc34)C(=O)C(=O)N2c2ccc(C#N)cc2)cc1. The fraction of sp³-hybridized carbons (Fsp3) is 0.156. The smallest absolute Gasteiger partial charge is 0.300 e. The van der Waals surface area contributed by atoms with Gasteiger partial charge in [0.05, 0.1) is 23.2 Å². The lowest BCUT2D eigenvalue weighted by Crippen LogP contribution is -2.29. The Kier molecular flexibility index (Phi) is 5.89. The van der Waals surface area contributed by atoms with E-state index in [0.29, 0.717) is 22.4 Å². The average Bonchev–Trinajstić information content (AvgIpc) is 3.17. The molecule has 5 nitrogen and oxygen atoms in total. The van der Waals surface area contributed by atoms with Crippen LogP contribution in [0.4, 0.5) is 5.69 Å². The largest absolute Gasteiger partial charge is 0.507 e. The van der Waals surface area contributed by atoms with E-state index in [9.17, 15) is 20.0 Å². The first-order chi connectivity index (χ1) is 17.7. The van der Waals surface area contributed by atoms with Crippen molar-refractivity contribution in [1.29, 1.82) is 5.26 Å². The number of aliphatic hydroxyl groups excluding tert-OH is 1. The third-order valence-corrected chi connectivity index (χ3v) is 6.86. The summed E-state index contributed by atoms with van der Waals surface area (Å²) in [6.45, 7) is 6.35. The molecule has 1 fully saturated rings. The van der Waals surface area contributed by atoms with E-state index >= 15 is 0 Å². The number of benzene rings is 4. The summed E-state index contributed by atoms with van der Waals surface area (Å²) in [7, 11) is 0. The van der Waals surface area contributed by atoms with Crippen molar-refractivity contribution in [1.82, 2.24) is 0 Å². The van der Waals surface area contributed by atoms with E-state index in [1.54, 1.807) is 30.3 Å². The molecule has 0 bridgehead atoms. The van der Waals surface area contributed by atoms with Gasteiger partial charge < -0.3 is 5.11 Å². The van der Waals surface area contributed by atoms with Gasteiger partial charge in [0.2, 0.25) is 0 Å². The van der Waals surface area contributed by atoms with E-state index in [-0.39, 0.29) is 16.7 Å². The molecule has 4 aromatic rings. The molecule has 1 N–H and O–H groups in total. The number of nitriles is 1. The lowest BCUT2D eigenvalue weighted by atomic mass is 9.85. The van der Waals surface area contributed by atoms with Crippen molar-refractivity contribution >= 4 is 33.9 Å². The maximum absolute atomic E-state index is 13.5. The maximum atomic E-state index is 13.5. The summed E-state index contributed by atoms with van der Waals surface area (Å²) in [6, 6.07) is 28.7. The van der Waals surface area contributed by atoms with Crippen LogP contribution in [0.1, 0.15) is 49.1 Å². The first kappa shape index (κ1) is 24.0. The van der Waals surface area contributed by atoms with Crippen LogP contribution in [0.15, 0.2) is 96.6 Å². The summed E-state index contributed by atoms with van der Waals surface area (Å²) in [5, 5.41) is 22.5. The number of fused-ring (bicyclic) bond motifs is 1. The second kappa shape index (κ2) is 9.07. The Bertz CT molecular complexity index is 1600. The Labute approximate surface area is 215 Å². The molecule has 1 unspecified atom stereocenters. The fourth-order valence-corrected chi connectivity index (χ4v) is 4.85. The van der Waals surface area contributed by atoms with Gasteiger partial charge in [0, 0.05) is 11.3 Å². The molecule has 0 aromatic heterocycles. The molecule has 1 amide bonds. The van der Waals surface area contributed by atoms with Crippen molar-refractivity contribution < 1.29 is 14.7 Å². The van der Waals surface area contributed by atoms with Gasteiger partial charge in [-0.2, -0.15) is 5.26 Å². The molecule has 4 aromatic carbocycles. The number of hydrogen-bond acceptors (Lipinski definition) is 4. The third-order valence-electron chi connectivity index (χ3n) is 6.86. The van der Waals surface area contributed by atoms with E-state index in [1.807, 2.05) is 60.7 Å². The molecular formula is C32H26N2O3. The van der Waals surface area contributed by atoms with Gasteiger partial charge in [0.15, 0.2) is 0 Å². The number of amides is 1. The normalized spacial score (nSPS) is 17.2. The van der Waals surface area contributed by atoms with Crippen LogP contribution in [-0.2, 0) is 15.0 Å². The molecule has 0 spiro atoms. The van der Waals surface area contributed by atoms with Crippen molar-refractivity contribution in [3.63, 3.8) is 0 Å². The molecule has 5 rings (SSSR count). The summed E-state index contributed by atoms with van der Waals surface area (Å²) in [6.07, 6.45) is 0. The van der Waals surface area contributed by atoms with Gasteiger partial charge in [-0.1, -0.05) is 87.5 Å². The third kappa shape index (κ3) is 4.17. The first-order valence-corrected chi connectivity index (χ1v) is 12.1. The molecule has 1 heterocycles. The van der Waals surface area contributed by atoms with Crippen LogP contribution >= 0.6 is 0 Å². The van der Waals surface area contributed by atoms with E-state index < -0.39 is 17.7 Å². The molecular weight excluding hydrogens is 460 g/mol. The van der Waals surface area contributed by atoms with Crippen molar-refractivity contribution in [2.75, 3.05) is 4.90 Å². The zero-order valence-electron chi connectivity index (χ0n) is 20.9. The molecule has 37 heavy (non-hydrogen) atoms.